The Kier molecular flexibility index (Phi) is 6.42. The number of hydrogen-bond acceptors (Lipinski definition) is 3. The van der Waals surface area contributed by atoms with E-state index < -0.39 is 0 Å². The Morgan fingerprint density at radius 1 is 1.12 bits per heavy atom. The molecule has 2 aromatic rings. The van der Waals surface area contributed by atoms with Crippen molar-refractivity contribution in [2.45, 2.75) is 45.5 Å². The van der Waals surface area contributed by atoms with Gasteiger partial charge in [0.25, 0.3) is 0 Å². The fourth-order valence-corrected chi connectivity index (χ4v) is 3.24. The molecule has 0 atom stereocenters. The van der Waals surface area contributed by atoms with Gasteiger partial charge in [-0.1, -0.05) is 54.1 Å². The highest BCUT2D eigenvalue weighted by atomic mass is 16.5. The molecule has 1 fully saturated rings. The lowest BCUT2D eigenvalue weighted by atomic mass is 10.1. The number of ether oxygens (including phenoxy) is 1. The third-order valence-electron chi connectivity index (χ3n) is 4.67. The molecular weight excluding hydrogens is 324 g/mol. The van der Waals surface area contributed by atoms with E-state index in [2.05, 4.69) is 47.5 Å². The minimum Gasteiger partial charge on any atom is -0.380 e. The maximum absolute atomic E-state index is 12.4. The van der Waals surface area contributed by atoms with Gasteiger partial charge in [-0.15, -0.1) is 0 Å². The van der Waals surface area contributed by atoms with E-state index in [1.54, 1.807) is 7.11 Å². The van der Waals surface area contributed by atoms with Crippen LogP contribution in [0.4, 0.5) is 0 Å². The number of hydrogen-bond donors (Lipinski definition) is 1. The molecule has 4 nitrogen and oxygen atoms in total. The number of nitrogens with one attached hydrogen (secondary N) is 1. The van der Waals surface area contributed by atoms with Crippen molar-refractivity contribution in [1.82, 2.24) is 10.2 Å². The Morgan fingerprint density at radius 3 is 2.58 bits per heavy atom. The maximum atomic E-state index is 12.4. The number of aryl methyl sites for hydroxylation is 1. The Hall–Kier alpha value is -2.17. The Bertz CT molecular complexity index is 740. The summed E-state index contributed by atoms with van der Waals surface area (Å²) < 4.78 is 5.17. The molecule has 3 rings (SSSR count). The largest absolute Gasteiger partial charge is 0.380 e. The van der Waals surface area contributed by atoms with Gasteiger partial charge in [-0.25, -0.2) is 0 Å². The quantitative estimate of drug-likeness (QED) is 0.752. The van der Waals surface area contributed by atoms with Crippen LogP contribution in [0.3, 0.4) is 0 Å². The van der Waals surface area contributed by atoms with E-state index >= 15 is 0 Å². The van der Waals surface area contributed by atoms with Crippen molar-refractivity contribution < 1.29 is 9.53 Å². The van der Waals surface area contributed by atoms with Crippen molar-refractivity contribution in [1.29, 1.82) is 0 Å². The molecule has 1 saturated carbocycles. The molecule has 138 valence electrons. The molecule has 0 bridgehead atoms. The fraction of sp³-hybridized carbons (Fsp3) is 0.409. The monoisotopic (exact) mass is 352 g/mol. The molecule has 0 radical (unpaired) electrons. The molecule has 1 aliphatic carbocycles. The molecule has 0 heterocycles. The van der Waals surface area contributed by atoms with Crippen LogP contribution in [0, 0.1) is 6.92 Å². The average molecular weight is 352 g/mol. The molecule has 1 amide bonds. The second-order valence-electron chi connectivity index (χ2n) is 7.15. The van der Waals surface area contributed by atoms with Gasteiger partial charge in [0.2, 0.25) is 5.91 Å². The maximum Gasteiger partial charge on any atom is 0.234 e. The predicted octanol–water partition coefficient (Wildman–Crippen LogP) is 3.42. The van der Waals surface area contributed by atoms with Crippen LogP contribution in [-0.4, -0.2) is 30.5 Å². The summed E-state index contributed by atoms with van der Waals surface area (Å²) in [6, 6.07) is 17.2. The van der Waals surface area contributed by atoms with Gasteiger partial charge in [-0.3, -0.25) is 9.69 Å². The molecule has 0 spiro atoms. The third kappa shape index (κ3) is 5.68. The highest BCUT2D eigenvalue weighted by molar-refractivity contribution is 5.78. The lowest BCUT2D eigenvalue weighted by Crippen LogP contribution is -2.37. The number of benzene rings is 2. The zero-order valence-corrected chi connectivity index (χ0v) is 15.7. The van der Waals surface area contributed by atoms with Crippen molar-refractivity contribution in [2.75, 3.05) is 13.7 Å². The van der Waals surface area contributed by atoms with E-state index in [-0.39, 0.29) is 5.91 Å². The van der Waals surface area contributed by atoms with Crippen LogP contribution in [-0.2, 0) is 29.2 Å². The van der Waals surface area contributed by atoms with E-state index in [9.17, 15) is 4.79 Å². The zero-order valence-electron chi connectivity index (χ0n) is 15.7. The fourth-order valence-electron chi connectivity index (χ4n) is 3.24. The van der Waals surface area contributed by atoms with Gasteiger partial charge in [0.05, 0.1) is 13.2 Å². The first-order valence-corrected chi connectivity index (χ1v) is 9.27. The predicted molar refractivity (Wildman–Crippen MR) is 104 cm³/mol. The minimum atomic E-state index is 0.0849. The molecule has 4 heteroatoms. The van der Waals surface area contributed by atoms with Crippen molar-refractivity contribution >= 4 is 5.91 Å². The van der Waals surface area contributed by atoms with Crippen LogP contribution < -0.4 is 5.32 Å². The zero-order chi connectivity index (χ0) is 18.4. The Morgan fingerprint density at radius 2 is 1.85 bits per heavy atom. The van der Waals surface area contributed by atoms with Crippen LogP contribution in [0.5, 0.6) is 0 Å². The van der Waals surface area contributed by atoms with E-state index in [1.807, 2.05) is 18.2 Å². The second-order valence-corrected chi connectivity index (χ2v) is 7.15. The molecule has 26 heavy (non-hydrogen) atoms. The van der Waals surface area contributed by atoms with E-state index in [1.165, 1.54) is 24.0 Å². The number of carbonyl (C=O) groups is 1. The van der Waals surface area contributed by atoms with Crippen molar-refractivity contribution in [3.63, 3.8) is 0 Å². The molecule has 2 aromatic carbocycles. The summed E-state index contributed by atoms with van der Waals surface area (Å²) in [6.45, 7) is 4.54. The highest BCUT2D eigenvalue weighted by Gasteiger charge is 2.30. The van der Waals surface area contributed by atoms with Gasteiger partial charge in [0, 0.05) is 26.2 Å². The second kappa shape index (κ2) is 8.97. The Labute approximate surface area is 156 Å². The topological polar surface area (TPSA) is 41.6 Å². The summed E-state index contributed by atoms with van der Waals surface area (Å²) in [7, 11) is 1.69. The van der Waals surface area contributed by atoms with Crippen LogP contribution in [0.1, 0.15) is 35.1 Å². The SMILES string of the molecule is COCc1cccc(CNC(=O)CN(Cc2cccc(C)c2)C2CC2)c1. The lowest BCUT2D eigenvalue weighted by molar-refractivity contribution is -0.122. The van der Waals surface area contributed by atoms with E-state index in [0.29, 0.717) is 25.7 Å². The summed E-state index contributed by atoms with van der Waals surface area (Å²) in [5.74, 6) is 0.0849. The first-order valence-electron chi connectivity index (χ1n) is 9.27. The smallest absolute Gasteiger partial charge is 0.234 e. The van der Waals surface area contributed by atoms with E-state index in [4.69, 9.17) is 4.74 Å². The number of rotatable bonds is 9. The van der Waals surface area contributed by atoms with Gasteiger partial charge < -0.3 is 10.1 Å². The number of nitrogens with zero attached hydrogens (tertiary/aromatic N) is 1. The van der Waals surface area contributed by atoms with Crippen molar-refractivity contribution in [3.05, 3.63) is 70.8 Å². The summed E-state index contributed by atoms with van der Waals surface area (Å²) in [6.07, 6.45) is 2.39. The summed E-state index contributed by atoms with van der Waals surface area (Å²) in [5.41, 5.74) is 4.76. The van der Waals surface area contributed by atoms with Gasteiger partial charge in [0.1, 0.15) is 0 Å². The third-order valence-corrected chi connectivity index (χ3v) is 4.67. The molecule has 0 saturated heterocycles. The summed E-state index contributed by atoms with van der Waals surface area (Å²) in [4.78, 5) is 14.7. The standard InChI is InChI=1S/C22H28N2O2/c1-17-5-3-7-19(11-17)14-24(21-9-10-21)15-22(25)23-13-18-6-4-8-20(12-18)16-26-2/h3-8,11-12,21H,9-10,13-16H2,1-2H3,(H,23,25). The highest BCUT2D eigenvalue weighted by Crippen LogP contribution is 2.28. The number of methoxy groups -OCH3 is 1. The Balaban J connectivity index is 1.53. The molecular formula is C22H28N2O2. The molecule has 1 N–H and O–H groups in total. The van der Waals surface area contributed by atoms with Crippen LogP contribution in [0.25, 0.3) is 0 Å². The summed E-state index contributed by atoms with van der Waals surface area (Å²) >= 11 is 0. The summed E-state index contributed by atoms with van der Waals surface area (Å²) in [5, 5.41) is 3.06. The first kappa shape index (κ1) is 18.6. The van der Waals surface area contributed by atoms with E-state index in [0.717, 1.165) is 17.7 Å². The van der Waals surface area contributed by atoms with Crippen LogP contribution in [0.15, 0.2) is 48.5 Å². The number of carbonyl (C=O) groups excluding carboxylic acids is 1. The molecule has 0 aromatic heterocycles. The average Bonchev–Trinajstić information content (AvgIpc) is 3.45. The van der Waals surface area contributed by atoms with Crippen LogP contribution in [0.2, 0.25) is 0 Å². The lowest BCUT2D eigenvalue weighted by Gasteiger charge is -2.21. The molecule has 1 aliphatic rings. The van der Waals surface area contributed by atoms with Gasteiger partial charge >= 0.3 is 0 Å². The van der Waals surface area contributed by atoms with Gasteiger partial charge in [-0.05, 0) is 36.5 Å². The van der Waals surface area contributed by atoms with Crippen LogP contribution >= 0.6 is 0 Å². The van der Waals surface area contributed by atoms with Crippen molar-refractivity contribution in [2.24, 2.45) is 0 Å². The number of amides is 1. The molecule has 0 unspecified atom stereocenters. The van der Waals surface area contributed by atoms with Crippen molar-refractivity contribution in [3.8, 4) is 0 Å². The van der Waals surface area contributed by atoms with Gasteiger partial charge in [0.15, 0.2) is 0 Å². The normalized spacial score (nSPS) is 13.8. The minimum absolute atomic E-state index is 0.0849. The van der Waals surface area contributed by atoms with Gasteiger partial charge in [-0.2, -0.15) is 0 Å². The first-order chi connectivity index (χ1) is 12.6. The molecule has 0 aliphatic heterocycles.